The average molecular weight is 541 g/mol. The van der Waals surface area contributed by atoms with Gasteiger partial charge in [-0.3, -0.25) is 14.7 Å². The quantitative estimate of drug-likeness (QED) is 0.223. The smallest absolute Gasteiger partial charge is 0.401 e. The first-order chi connectivity index (χ1) is 13.8. The highest BCUT2D eigenvalue weighted by Crippen LogP contribution is 2.26. The number of alkyl halides is 3. The van der Waals surface area contributed by atoms with Gasteiger partial charge < -0.3 is 20.7 Å². The highest BCUT2D eigenvalue weighted by atomic mass is 127. The first kappa shape index (κ1) is 24.5. The predicted octanol–water partition coefficient (Wildman–Crippen LogP) is 2.37. The molecule has 3 rings (SSSR count). The molecule has 2 aliphatic heterocycles. The van der Waals surface area contributed by atoms with Crippen molar-refractivity contribution in [1.82, 2.24) is 15.5 Å². The van der Waals surface area contributed by atoms with E-state index < -0.39 is 12.7 Å². The summed E-state index contributed by atoms with van der Waals surface area (Å²) in [6, 6.07) is 5.50. The summed E-state index contributed by atoms with van der Waals surface area (Å²) in [5.41, 5.74) is 1.88. The van der Waals surface area contributed by atoms with Crippen LogP contribution in [0.1, 0.15) is 18.4 Å². The topological polar surface area (TPSA) is 78.0 Å². The second kappa shape index (κ2) is 11.0. The van der Waals surface area contributed by atoms with Crippen molar-refractivity contribution in [3.05, 3.63) is 23.8 Å². The molecule has 0 radical (unpaired) electrons. The van der Waals surface area contributed by atoms with Gasteiger partial charge in [0.15, 0.2) is 5.96 Å². The number of likely N-dealkylation sites (tertiary alicyclic amines) is 1. The number of fused-ring (bicyclic) bond motifs is 1. The summed E-state index contributed by atoms with van der Waals surface area (Å²) in [7, 11) is 1.62. The van der Waals surface area contributed by atoms with Gasteiger partial charge in [-0.2, -0.15) is 13.2 Å². The van der Waals surface area contributed by atoms with Crippen LogP contribution in [0.2, 0.25) is 0 Å². The van der Waals surface area contributed by atoms with Crippen LogP contribution in [0.15, 0.2) is 23.2 Å². The highest BCUT2D eigenvalue weighted by molar-refractivity contribution is 14.0. The number of benzene rings is 1. The molecule has 2 heterocycles. The molecule has 1 unspecified atom stereocenters. The van der Waals surface area contributed by atoms with E-state index in [0.717, 1.165) is 17.0 Å². The Kier molecular flexibility index (Phi) is 9.01. The third-order valence-corrected chi connectivity index (χ3v) is 4.88. The average Bonchev–Trinajstić information content (AvgIpc) is 3.09. The maximum atomic E-state index is 12.5. The van der Waals surface area contributed by atoms with Crippen LogP contribution in [0.4, 0.5) is 18.9 Å². The molecule has 1 aromatic rings. The summed E-state index contributed by atoms with van der Waals surface area (Å²) in [6.07, 6.45) is -2.37. The molecule has 1 atom stereocenters. The van der Waals surface area contributed by atoms with E-state index in [0.29, 0.717) is 51.5 Å². The number of hydrogen-bond donors (Lipinski definition) is 3. The van der Waals surface area contributed by atoms with Gasteiger partial charge in [0.25, 0.3) is 0 Å². The molecule has 3 N–H and O–H groups in total. The maximum Gasteiger partial charge on any atom is 0.401 e. The molecule has 0 bridgehead atoms. The van der Waals surface area contributed by atoms with Crippen molar-refractivity contribution in [3.63, 3.8) is 0 Å². The van der Waals surface area contributed by atoms with Crippen molar-refractivity contribution in [2.45, 2.75) is 31.5 Å². The van der Waals surface area contributed by atoms with Crippen molar-refractivity contribution in [3.8, 4) is 5.75 Å². The maximum absolute atomic E-state index is 12.5. The van der Waals surface area contributed by atoms with Gasteiger partial charge in [0.1, 0.15) is 12.4 Å². The summed E-state index contributed by atoms with van der Waals surface area (Å²) in [5.74, 6) is 1.29. The number of anilines is 1. The Morgan fingerprint density at radius 1 is 1.37 bits per heavy atom. The molecule has 0 aliphatic carbocycles. The SMILES string of the molecule is CN=C(NCCOc1ccc2c(c1)CCC(=O)N2)NC1CCN(CC(F)(F)F)C1.I. The normalized spacial score (nSPS) is 19.5. The number of aliphatic imine (C=N–C) groups is 1. The number of carbonyl (C=O) groups is 1. The third kappa shape index (κ3) is 7.49. The summed E-state index contributed by atoms with van der Waals surface area (Å²) in [4.78, 5) is 16.9. The van der Waals surface area contributed by atoms with E-state index >= 15 is 0 Å². The minimum absolute atomic E-state index is 0. The number of halogens is 4. The van der Waals surface area contributed by atoms with Crippen molar-refractivity contribution < 1.29 is 22.7 Å². The number of nitrogens with one attached hydrogen (secondary N) is 3. The van der Waals surface area contributed by atoms with E-state index in [4.69, 9.17) is 4.74 Å². The largest absolute Gasteiger partial charge is 0.492 e. The van der Waals surface area contributed by atoms with Crippen LogP contribution in [-0.2, 0) is 11.2 Å². The molecule has 0 aromatic heterocycles. The number of aryl methyl sites for hydroxylation is 1. The van der Waals surface area contributed by atoms with Crippen LogP contribution < -0.4 is 20.7 Å². The van der Waals surface area contributed by atoms with Gasteiger partial charge in [-0.1, -0.05) is 0 Å². The van der Waals surface area contributed by atoms with Gasteiger partial charge in [0.05, 0.1) is 13.1 Å². The number of guanidine groups is 1. The predicted molar refractivity (Wildman–Crippen MR) is 120 cm³/mol. The van der Waals surface area contributed by atoms with E-state index in [2.05, 4.69) is 20.9 Å². The molecular formula is C19H27F3IN5O2. The Hall–Kier alpha value is -1.76. The van der Waals surface area contributed by atoms with Crippen LogP contribution in [0.5, 0.6) is 5.75 Å². The monoisotopic (exact) mass is 541 g/mol. The standard InChI is InChI=1S/C19H26F3N5O2.HI/c1-23-18(25-14-6-8-27(11-14)12-19(20,21)22)24-7-9-29-15-3-4-16-13(10-15)2-5-17(28)26-16;/h3-4,10,14H,2,5-9,11-12H2,1H3,(H,26,28)(H2,23,24,25);1H. The fraction of sp³-hybridized carbons (Fsp3) is 0.579. The Bertz CT molecular complexity index is 760. The van der Waals surface area contributed by atoms with Crippen LogP contribution in [0.3, 0.4) is 0 Å². The van der Waals surface area contributed by atoms with E-state index in [9.17, 15) is 18.0 Å². The van der Waals surface area contributed by atoms with Crippen LogP contribution >= 0.6 is 24.0 Å². The zero-order valence-corrected chi connectivity index (χ0v) is 19.0. The summed E-state index contributed by atoms with van der Waals surface area (Å²) in [6.45, 7) is 0.761. The molecule has 1 amide bonds. The van der Waals surface area contributed by atoms with Crippen molar-refractivity contribution >= 4 is 41.5 Å². The Morgan fingerprint density at radius 2 is 2.17 bits per heavy atom. The zero-order chi connectivity index (χ0) is 20.9. The number of amides is 1. The first-order valence-electron chi connectivity index (χ1n) is 9.64. The molecule has 30 heavy (non-hydrogen) atoms. The van der Waals surface area contributed by atoms with E-state index in [1.807, 2.05) is 18.2 Å². The van der Waals surface area contributed by atoms with Gasteiger partial charge in [-0.15, -0.1) is 24.0 Å². The van der Waals surface area contributed by atoms with Crippen LogP contribution in [0, 0.1) is 0 Å². The fourth-order valence-electron chi connectivity index (χ4n) is 3.52. The second-order valence-electron chi connectivity index (χ2n) is 7.19. The molecule has 1 aromatic carbocycles. The lowest BCUT2D eigenvalue weighted by Gasteiger charge is -2.20. The number of ether oxygens (including phenoxy) is 1. The van der Waals surface area contributed by atoms with E-state index in [-0.39, 0.29) is 35.9 Å². The molecule has 0 saturated carbocycles. The van der Waals surface area contributed by atoms with Gasteiger partial charge in [0, 0.05) is 38.3 Å². The number of nitrogens with zero attached hydrogens (tertiary/aromatic N) is 2. The van der Waals surface area contributed by atoms with Crippen molar-refractivity contribution in [1.29, 1.82) is 0 Å². The van der Waals surface area contributed by atoms with Crippen LogP contribution in [-0.4, -0.2) is 68.8 Å². The van der Waals surface area contributed by atoms with Crippen molar-refractivity contribution in [2.75, 3.05) is 45.2 Å². The molecule has 1 saturated heterocycles. The zero-order valence-electron chi connectivity index (χ0n) is 16.7. The molecule has 11 heteroatoms. The fourth-order valence-corrected chi connectivity index (χ4v) is 3.52. The molecule has 168 valence electrons. The number of rotatable bonds is 6. The lowest BCUT2D eigenvalue weighted by Crippen LogP contribution is -2.46. The molecular weight excluding hydrogens is 514 g/mol. The first-order valence-corrected chi connectivity index (χ1v) is 9.64. The molecule has 7 nitrogen and oxygen atoms in total. The minimum Gasteiger partial charge on any atom is -0.492 e. The Balaban J connectivity index is 0.00000320. The summed E-state index contributed by atoms with van der Waals surface area (Å²) >= 11 is 0. The van der Waals surface area contributed by atoms with Gasteiger partial charge in [-0.05, 0) is 36.6 Å². The van der Waals surface area contributed by atoms with Gasteiger partial charge in [0.2, 0.25) is 5.91 Å². The van der Waals surface area contributed by atoms with Gasteiger partial charge >= 0.3 is 6.18 Å². The minimum atomic E-state index is -4.17. The summed E-state index contributed by atoms with van der Waals surface area (Å²) in [5, 5.41) is 9.10. The van der Waals surface area contributed by atoms with Crippen LogP contribution in [0.25, 0.3) is 0 Å². The summed E-state index contributed by atoms with van der Waals surface area (Å²) < 4.78 is 43.2. The molecule has 1 fully saturated rings. The van der Waals surface area contributed by atoms with Crippen molar-refractivity contribution in [2.24, 2.45) is 4.99 Å². The molecule has 0 spiro atoms. The Morgan fingerprint density at radius 3 is 2.90 bits per heavy atom. The molecule has 2 aliphatic rings. The Labute approximate surface area is 190 Å². The van der Waals surface area contributed by atoms with Gasteiger partial charge in [-0.25, -0.2) is 0 Å². The highest BCUT2D eigenvalue weighted by Gasteiger charge is 2.34. The lowest BCUT2D eigenvalue weighted by atomic mass is 10.0. The number of carbonyl (C=O) groups excluding carboxylic acids is 1. The lowest BCUT2D eigenvalue weighted by molar-refractivity contribution is -0.143. The third-order valence-electron chi connectivity index (χ3n) is 4.88. The second-order valence-corrected chi connectivity index (χ2v) is 7.19. The van der Waals surface area contributed by atoms with E-state index in [1.165, 1.54) is 4.90 Å². The van der Waals surface area contributed by atoms with E-state index in [1.54, 1.807) is 7.05 Å². The number of hydrogen-bond acceptors (Lipinski definition) is 4.